The van der Waals surface area contributed by atoms with Crippen LogP contribution in [0.4, 0.5) is 0 Å². The smallest absolute Gasteiger partial charge is 0.161 e. The normalized spacial score (nSPS) is 13.0. The van der Waals surface area contributed by atoms with Gasteiger partial charge in [0.2, 0.25) is 0 Å². The molecule has 0 bridgehead atoms. The Morgan fingerprint density at radius 2 is 1.20 bits per heavy atom. The van der Waals surface area contributed by atoms with Gasteiger partial charge in [-0.05, 0) is 72.6 Å². The summed E-state index contributed by atoms with van der Waals surface area (Å²) >= 11 is 0. The van der Waals surface area contributed by atoms with E-state index < -0.39 is 0 Å². The highest BCUT2D eigenvalue weighted by molar-refractivity contribution is 5.42. The first-order chi connectivity index (χ1) is 14.3. The molecule has 158 valence electrons. The Balaban J connectivity index is 1.57. The SMILES string of the molecule is Cc1ccc(COc2ccc(CC(C)C(C)Cc3ccc(O)c(O)c3)cc2O)cc1. The van der Waals surface area contributed by atoms with Gasteiger partial charge in [0.1, 0.15) is 6.61 Å². The lowest BCUT2D eigenvalue weighted by molar-refractivity contribution is 0.288. The first-order valence-corrected chi connectivity index (χ1v) is 10.3. The molecule has 0 aromatic heterocycles. The van der Waals surface area contributed by atoms with Crippen molar-refractivity contribution in [1.82, 2.24) is 0 Å². The van der Waals surface area contributed by atoms with Gasteiger partial charge in [0, 0.05) is 0 Å². The van der Waals surface area contributed by atoms with E-state index in [1.807, 2.05) is 49.4 Å². The van der Waals surface area contributed by atoms with E-state index in [1.54, 1.807) is 12.1 Å². The predicted molar refractivity (Wildman–Crippen MR) is 119 cm³/mol. The van der Waals surface area contributed by atoms with Crippen molar-refractivity contribution < 1.29 is 20.1 Å². The van der Waals surface area contributed by atoms with Gasteiger partial charge >= 0.3 is 0 Å². The summed E-state index contributed by atoms with van der Waals surface area (Å²) < 4.78 is 5.78. The fourth-order valence-corrected chi connectivity index (χ4v) is 3.50. The second-order valence-corrected chi connectivity index (χ2v) is 8.26. The van der Waals surface area contributed by atoms with Gasteiger partial charge in [0.05, 0.1) is 0 Å². The zero-order valence-corrected chi connectivity index (χ0v) is 17.8. The molecule has 2 unspecified atom stereocenters. The molecule has 0 aliphatic rings. The van der Waals surface area contributed by atoms with Crippen molar-refractivity contribution in [1.29, 1.82) is 0 Å². The summed E-state index contributed by atoms with van der Waals surface area (Å²) in [4.78, 5) is 0. The van der Waals surface area contributed by atoms with Crippen molar-refractivity contribution in [3.63, 3.8) is 0 Å². The van der Waals surface area contributed by atoms with Crippen molar-refractivity contribution >= 4 is 0 Å². The van der Waals surface area contributed by atoms with E-state index in [4.69, 9.17) is 4.74 Å². The quantitative estimate of drug-likeness (QED) is 0.417. The lowest BCUT2D eigenvalue weighted by atomic mass is 9.85. The maximum absolute atomic E-state index is 10.4. The van der Waals surface area contributed by atoms with E-state index in [0.717, 1.165) is 29.5 Å². The minimum atomic E-state index is -0.0976. The van der Waals surface area contributed by atoms with E-state index in [2.05, 4.69) is 13.8 Å². The van der Waals surface area contributed by atoms with Crippen LogP contribution < -0.4 is 4.74 Å². The van der Waals surface area contributed by atoms with Crippen molar-refractivity contribution in [2.45, 2.75) is 40.2 Å². The molecule has 0 saturated heterocycles. The van der Waals surface area contributed by atoms with Gasteiger partial charge in [-0.2, -0.15) is 0 Å². The maximum Gasteiger partial charge on any atom is 0.161 e. The van der Waals surface area contributed by atoms with Crippen molar-refractivity contribution in [2.75, 3.05) is 0 Å². The van der Waals surface area contributed by atoms with Gasteiger partial charge in [-0.3, -0.25) is 0 Å². The van der Waals surface area contributed by atoms with Crippen LogP contribution in [0.15, 0.2) is 60.7 Å². The van der Waals surface area contributed by atoms with Crippen LogP contribution in [0, 0.1) is 18.8 Å². The number of aryl methyl sites for hydroxylation is 1. The highest BCUT2D eigenvalue weighted by Crippen LogP contribution is 2.31. The molecule has 0 radical (unpaired) electrons. The van der Waals surface area contributed by atoms with Crippen molar-refractivity contribution in [3.05, 3.63) is 82.9 Å². The largest absolute Gasteiger partial charge is 0.504 e. The van der Waals surface area contributed by atoms with Crippen LogP contribution in [0.2, 0.25) is 0 Å². The van der Waals surface area contributed by atoms with E-state index in [-0.39, 0.29) is 17.2 Å². The third kappa shape index (κ3) is 5.69. The molecule has 0 aliphatic carbocycles. The Kier molecular flexibility index (Phi) is 6.88. The zero-order valence-electron chi connectivity index (χ0n) is 17.8. The molecule has 4 nitrogen and oxygen atoms in total. The summed E-state index contributed by atoms with van der Waals surface area (Å²) in [6.45, 7) is 6.82. The Bertz CT molecular complexity index is 979. The van der Waals surface area contributed by atoms with E-state index in [1.165, 1.54) is 11.6 Å². The van der Waals surface area contributed by atoms with Crippen LogP contribution in [0.1, 0.15) is 36.1 Å². The molecule has 0 saturated carbocycles. The molecule has 2 atom stereocenters. The number of rotatable bonds is 8. The Labute approximate surface area is 178 Å². The molecule has 0 spiro atoms. The number of phenols is 3. The Hall–Kier alpha value is -3.14. The van der Waals surface area contributed by atoms with E-state index >= 15 is 0 Å². The first kappa shape index (κ1) is 21.6. The number of benzene rings is 3. The summed E-state index contributed by atoms with van der Waals surface area (Å²) in [6.07, 6.45) is 1.63. The summed E-state index contributed by atoms with van der Waals surface area (Å²) in [5, 5.41) is 29.5. The molecule has 0 amide bonds. The number of aromatic hydroxyl groups is 3. The predicted octanol–water partition coefficient (Wildman–Crippen LogP) is 5.75. The molecule has 30 heavy (non-hydrogen) atoms. The fraction of sp³-hybridized carbons (Fsp3) is 0.308. The lowest BCUT2D eigenvalue weighted by Crippen LogP contribution is -2.13. The number of hydrogen-bond donors (Lipinski definition) is 3. The highest BCUT2D eigenvalue weighted by atomic mass is 16.5. The van der Waals surface area contributed by atoms with Gasteiger partial charge in [0.15, 0.2) is 23.0 Å². The second kappa shape index (κ2) is 9.57. The summed E-state index contributed by atoms with van der Waals surface area (Å²) in [7, 11) is 0. The van der Waals surface area contributed by atoms with Crippen LogP contribution in [-0.2, 0) is 19.4 Å². The topological polar surface area (TPSA) is 69.9 Å². The Morgan fingerprint density at radius 1 is 0.667 bits per heavy atom. The number of ether oxygens (including phenoxy) is 1. The molecule has 3 rings (SSSR count). The van der Waals surface area contributed by atoms with Crippen molar-refractivity contribution in [2.24, 2.45) is 11.8 Å². The average Bonchev–Trinajstić information content (AvgIpc) is 2.71. The van der Waals surface area contributed by atoms with Gasteiger partial charge < -0.3 is 20.1 Å². The first-order valence-electron chi connectivity index (χ1n) is 10.3. The Morgan fingerprint density at radius 3 is 1.77 bits per heavy atom. The number of hydrogen-bond acceptors (Lipinski definition) is 4. The molecule has 0 heterocycles. The van der Waals surface area contributed by atoms with Crippen LogP contribution in [0.5, 0.6) is 23.0 Å². The third-order valence-corrected chi connectivity index (χ3v) is 5.66. The molecular weight excluding hydrogens is 376 g/mol. The fourth-order valence-electron chi connectivity index (χ4n) is 3.50. The summed E-state index contributed by atoms with van der Waals surface area (Å²) in [5.74, 6) is 1.20. The molecule has 3 N–H and O–H groups in total. The molecule has 3 aromatic rings. The molecule has 0 fully saturated rings. The average molecular weight is 407 g/mol. The van der Waals surface area contributed by atoms with Crippen LogP contribution >= 0.6 is 0 Å². The summed E-state index contributed by atoms with van der Waals surface area (Å²) in [6, 6.07) is 18.7. The van der Waals surface area contributed by atoms with E-state index in [9.17, 15) is 15.3 Å². The molecule has 3 aromatic carbocycles. The lowest BCUT2D eigenvalue weighted by Gasteiger charge is -2.21. The number of phenolic OH excluding ortho intramolecular Hbond substituents is 3. The second-order valence-electron chi connectivity index (χ2n) is 8.26. The minimum absolute atomic E-state index is 0.0847. The van der Waals surface area contributed by atoms with Gasteiger partial charge in [0.25, 0.3) is 0 Å². The van der Waals surface area contributed by atoms with Gasteiger partial charge in [-0.15, -0.1) is 0 Å². The van der Waals surface area contributed by atoms with Gasteiger partial charge in [-0.1, -0.05) is 55.8 Å². The standard InChI is InChI=1S/C26H30O4/c1-17-4-6-20(7-5-17)16-30-26-11-9-22(15-25(26)29)13-19(3)18(2)12-21-8-10-23(27)24(28)14-21/h4-11,14-15,18-19,27-29H,12-13,16H2,1-3H3. The molecular formula is C26H30O4. The van der Waals surface area contributed by atoms with Crippen molar-refractivity contribution in [3.8, 4) is 23.0 Å². The van der Waals surface area contributed by atoms with Crippen LogP contribution in [-0.4, -0.2) is 15.3 Å². The van der Waals surface area contributed by atoms with Crippen LogP contribution in [0.3, 0.4) is 0 Å². The van der Waals surface area contributed by atoms with Crippen LogP contribution in [0.25, 0.3) is 0 Å². The monoisotopic (exact) mass is 406 g/mol. The third-order valence-electron chi connectivity index (χ3n) is 5.66. The van der Waals surface area contributed by atoms with E-state index in [0.29, 0.717) is 24.2 Å². The van der Waals surface area contributed by atoms with Gasteiger partial charge in [-0.25, -0.2) is 0 Å². The zero-order chi connectivity index (χ0) is 21.7. The molecule has 4 heteroatoms. The summed E-state index contributed by atoms with van der Waals surface area (Å²) in [5.41, 5.74) is 4.32. The highest BCUT2D eigenvalue weighted by Gasteiger charge is 2.16. The molecule has 0 aliphatic heterocycles. The maximum atomic E-state index is 10.4. The minimum Gasteiger partial charge on any atom is -0.504 e.